The highest BCUT2D eigenvalue weighted by Crippen LogP contribution is 2.18. The summed E-state index contributed by atoms with van der Waals surface area (Å²) in [5, 5.41) is 0. The number of hydrogen-bond acceptors (Lipinski definition) is 5. The van der Waals surface area contributed by atoms with Gasteiger partial charge >= 0.3 is 0 Å². The van der Waals surface area contributed by atoms with Crippen LogP contribution in [0, 0.1) is 6.92 Å². The summed E-state index contributed by atoms with van der Waals surface area (Å²) in [5.74, 6) is 1.81. The van der Waals surface area contributed by atoms with Crippen molar-refractivity contribution in [1.82, 2.24) is 9.97 Å². The Labute approximate surface area is 115 Å². The predicted molar refractivity (Wildman–Crippen MR) is 76.4 cm³/mol. The second-order valence-electron chi connectivity index (χ2n) is 4.98. The van der Waals surface area contributed by atoms with Gasteiger partial charge in [0.05, 0.1) is 6.10 Å². The first-order chi connectivity index (χ1) is 9.22. The van der Waals surface area contributed by atoms with Crippen LogP contribution < -0.4 is 10.6 Å². The summed E-state index contributed by atoms with van der Waals surface area (Å²) < 4.78 is 5.71. The van der Waals surface area contributed by atoms with E-state index in [0.717, 1.165) is 49.9 Å². The number of aryl methyl sites for hydroxylation is 1. The van der Waals surface area contributed by atoms with Crippen LogP contribution in [0.4, 0.5) is 5.82 Å². The SMILES string of the molecule is CCN(CC1CCCO1)c1cc(CCN)nc(C)n1. The zero-order chi connectivity index (χ0) is 13.7. The van der Waals surface area contributed by atoms with Crippen molar-refractivity contribution in [3.8, 4) is 0 Å². The number of likely N-dealkylation sites (N-methyl/N-ethyl adjacent to an activating group) is 1. The first-order valence-electron chi connectivity index (χ1n) is 7.14. The van der Waals surface area contributed by atoms with E-state index < -0.39 is 0 Å². The summed E-state index contributed by atoms with van der Waals surface area (Å²) in [4.78, 5) is 11.2. The third-order valence-electron chi connectivity index (χ3n) is 3.43. The van der Waals surface area contributed by atoms with Gasteiger partial charge in [-0.25, -0.2) is 9.97 Å². The molecule has 1 aliphatic rings. The van der Waals surface area contributed by atoms with Gasteiger partial charge in [-0.2, -0.15) is 0 Å². The molecular formula is C14H24N4O. The molecule has 2 heterocycles. The maximum atomic E-state index is 5.71. The lowest BCUT2D eigenvalue weighted by Crippen LogP contribution is -2.33. The molecule has 0 aromatic carbocycles. The van der Waals surface area contributed by atoms with E-state index in [9.17, 15) is 0 Å². The van der Waals surface area contributed by atoms with Crippen molar-refractivity contribution < 1.29 is 4.74 Å². The molecule has 0 amide bonds. The van der Waals surface area contributed by atoms with Gasteiger partial charge in [0.1, 0.15) is 11.6 Å². The third-order valence-corrected chi connectivity index (χ3v) is 3.43. The van der Waals surface area contributed by atoms with E-state index in [2.05, 4.69) is 27.9 Å². The Balaban J connectivity index is 2.11. The van der Waals surface area contributed by atoms with Crippen LogP contribution in [-0.2, 0) is 11.2 Å². The van der Waals surface area contributed by atoms with Crippen molar-refractivity contribution in [1.29, 1.82) is 0 Å². The minimum Gasteiger partial charge on any atom is -0.376 e. The number of hydrogen-bond donors (Lipinski definition) is 1. The molecule has 0 saturated carbocycles. The first kappa shape index (κ1) is 14.2. The Morgan fingerprint density at radius 2 is 2.32 bits per heavy atom. The average molecular weight is 264 g/mol. The fourth-order valence-electron chi connectivity index (χ4n) is 2.47. The molecule has 2 N–H and O–H groups in total. The molecule has 1 aromatic rings. The van der Waals surface area contributed by atoms with Gasteiger partial charge < -0.3 is 15.4 Å². The van der Waals surface area contributed by atoms with Crippen LogP contribution in [-0.4, -0.2) is 42.3 Å². The monoisotopic (exact) mass is 264 g/mol. The van der Waals surface area contributed by atoms with Crippen molar-refractivity contribution in [2.45, 2.75) is 39.2 Å². The molecule has 1 aromatic heterocycles. The zero-order valence-corrected chi connectivity index (χ0v) is 11.9. The van der Waals surface area contributed by atoms with E-state index in [1.165, 1.54) is 6.42 Å². The van der Waals surface area contributed by atoms with Crippen LogP contribution in [0.5, 0.6) is 0 Å². The highest BCUT2D eigenvalue weighted by atomic mass is 16.5. The average Bonchev–Trinajstić information content (AvgIpc) is 2.88. The van der Waals surface area contributed by atoms with Gasteiger partial charge in [0.15, 0.2) is 0 Å². The Kier molecular flexibility index (Phi) is 5.10. The molecule has 0 radical (unpaired) electrons. The number of anilines is 1. The van der Waals surface area contributed by atoms with Crippen molar-refractivity contribution >= 4 is 5.82 Å². The van der Waals surface area contributed by atoms with Gasteiger partial charge in [0.2, 0.25) is 0 Å². The molecule has 1 atom stereocenters. The molecule has 1 saturated heterocycles. The van der Waals surface area contributed by atoms with Gasteiger partial charge in [-0.15, -0.1) is 0 Å². The van der Waals surface area contributed by atoms with Crippen molar-refractivity contribution in [3.63, 3.8) is 0 Å². The fraction of sp³-hybridized carbons (Fsp3) is 0.714. The largest absolute Gasteiger partial charge is 0.376 e. The van der Waals surface area contributed by atoms with Crippen molar-refractivity contribution in [3.05, 3.63) is 17.6 Å². The van der Waals surface area contributed by atoms with Crippen LogP contribution in [0.1, 0.15) is 31.3 Å². The molecule has 1 unspecified atom stereocenters. The van der Waals surface area contributed by atoms with Gasteiger partial charge in [-0.3, -0.25) is 0 Å². The molecule has 5 nitrogen and oxygen atoms in total. The van der Waals surface area contributed by atoms with E-state index in [1.54, 1.807) is 0 Å². The predicted octanol–water partition coefficient (Wildman–Crippen LogP) is 1.29. The van der Waals surface area contributed by atoms with E-state index in [4.69, 9.17) is 10.5 Å². The van der Waals surface area contributed by atoms with E-state index in [1.807, 2.05) is 6.92 Å². The van der Waals surface area contributed by atoms with Gasteiger partial charge in [-0.1, -0.05) is 0 Å². The third kappa shape index (κ3) is 3.88. The molecule has 0 aliphatic carbocycles. The zero-order valence-electron chi connectivity index (χ0n) is 11.9. The number of aromatic nitrogens is 2. The summed E-state index contributed by atoms with van der Waals surface area (Å²) >= 11 is 0. The Hall–Kier alpha value is -1.20. The van der Waals surface area contributed by atoms with E-state index >= 15 is 0 Å². The second-order valence-corrected chi connectivity index (χ2v) is 4.98. The first-order valence-corrected chi connectivity index (χ1v) is 7.14. The second kappa shape index (κ2) is 6.82. The Morgan fingerprint density at radius 3 is 2.95 bits per heavy atom. The highest BCUT2D eigenvalue weighted by molar-refractivity contribution is 5.40. The van der Waals surface area contributed by atoms with Crippen molar-refractivity contribution in [2.24, 2.45) is 5.73 Å². The molecule has 5 heteroatoms. The van der Waals surface area contributed by atoms with Crippen LogP contribution in [0.25, 0.3) is 0 Å². The minimum absolute atomic E-state index is 0.341. The maximum Gasteiger partial charge on any atom is 0.132 e. The quantitative estimate of drug-likeness (QED) is 0.839. The number of nitrogens with two attached hydrogens (primary N) is 1. The van der Waals surface area contributed by atoms with Gasteiger partial charge in [0, 0.05) is 37.9 Å². The molecule has 106 valence electrons. The molecule has 1 fully saturated rings. The molecular weight excluding hydrogens is 240 g/mol. The van der Waals surface area contributed by atoms with Crippen LogP contribution >= 0.6 is 0 Å². The molecule has 2 rings (SSSR count). The standard InChI is InChI=1S/C14H24N4O/c1-3-18(10-13-5-4-8-19-13)14-9-12(6-7-15)16-11(2)17-14/h9,13H,3-8,10,15H2,1-2H3. The fourth-order valence-corrected chi connectivity index (χ4v) is 2.47. The maximum absolute atomic E-state index is 5.71. The van der Waals surface area contributed by atoms with E-state index in [-0.39, 0.29) is 0 Å². The summed E-state index contributed by atoms with van der Waals surface area (Å²) in [5.41, 5.74) is 6.63. The summed E-state index contributed by atoms with van der Waals surface area (Å²) in [6.45, 7) is 7.43. The lowest BCUT2D eigenvalue weighted by Gasteiger charge is -2.25. The van der Waals surface area contributed by atoms with E-state index in [0.29, 0.717) is 12.6 Å². The lowest BCUT2D eigenvalue weighted by molar-refractivity contribution is 0.115. The number of rotatable bonds is 6. The molecule has 0 bridgehead atoms. The van der Waals surface area contributed by atoms with Gasteiger partial charge in [-0.05, 0) is 33.2 Å². The van der Waals surface area contributed by atoms with Crippen LogP contribution in [0.15, 0.2) is 6.07 Å². The lowest BCUT2D eigenvalue weighted by atomic mass is 10.2. The number of nitrogens with zero attached hydrogens (tertiary/aromatic N) is 3. The Bertz CT molecular complexity index is 404. The molecule has 0 spiro atoms. The normalized spacial score (nSPS) is 18.8. The molecule has 1 aliphatic heterocycles. The van der Waals surface area contributed by atoms with Crippen molar-refractivity contribution in [2.75, 3.05) is 31.1 Å². The van der Waals surface area contributed by atoms with Crippen LogP contribution in [0.2, 0.25) is 0 Å². The summed E-state index contributed by atoms with van der Waals surface area (Å²) in [6.07, 6.45) is 3.46. The minimum atomic E-state index is 0.341. The topological polar surface area (TPSA) is 64.3 Å². The summed E-state index contributed by atoms with van der Waals surface area (Å²) in [7, 11) is 0. The Morgan fingerprint density at radius 1 is 1.47 bits per heavy atom. The highest BCUT2D eigenvalue weighted by Gasteiger charge is 2.19. The van der Waals surface area contributed by atoms with Crippen LogP contribution in [0.3, 0.4) is 0 Å². The summed E-state index contributed by atoms with van der Waals surface area (Å²) in [6, 6.07) is 2.05. The smallest absolute Gasteiger partial charge is 0.132 e. The molecule has 19 heavy (non-hydrogen) atoms. The number of ether oxygens (including phenoxy) is 1. The van der Waals surface area contributed by atoms with Gasteiger partial charge in [0.25, 0.3) is 0 Å².